The molecule has 0 fully saturated rings. The predicted octanol–water partition coefficient (Wildman–Crippen LogP) is 5.11. The summed E-state index contributed by atoms with van der Waals surface area (Å²) in [5.74, 6) is 0. The monoisotopic (exact) mass is 264 g/mol. The quantitative estimate of drug-likeness (QED) is 0.704. The number of aldehydes is 1. The molecule has 0 N–H and O–H groups in total. The molecule has 1 nitrogen and oxygen atoms in total. The van der Waals surface area contributed by atoms with Gasteiger partial charge in [0.25, 0.3) is 0 Å². The summed E-state index contributed by atoms with van der Waals surface area (Å²) in [4.78, 5) is 11.3. The van der Waals surface area contributed by atoms with E-state index in [4.69, 9.17) is 0 Å². The summed E-state index contributed by atoms with van der Waals surface area (Å²) >= 11 is 0. The molecule has 0 saturated heterocycles. The molecule has 2 aromatic carbocycles. The molecule has 0 aliphatic heterocycles. The molecule has 0 amide bonds. The summed E-state index contributed by atoms with van der Waals surface area (Å²) in [6.07, 6.45) is 2.77. The Morgan fingerprint density at radius 3 is 2.20 bits per heavy atom. The zero-order valence-electron chi connectivity index (χ0n) is 12.3. The fraction of sp³-hybridized carbons (Fsp3) is 0.211. The third-order valence-corrected chi connectivity index (χ3v) is 3.48. The van der Waals surface area contributed by atoms with Crippen molar-refractivity contribution in [2.24, 2.45) is 0 Å². The summed E-state index contributed by atoms with van der Waals surface area (Å²) in [5, 5.41) is 0. The maximum atomic E-state index is 11.3. The normalized spacial score (nSPS) is 11.2. The maximum absolute atomic E-state index is 11.3. The molecule has 20 heavy (non-hydrogen) atoms. The highest BCUT2D eigenvalue weighted by Crippen LogP contribution is 2.37. The molecule has 1 heteroatoms. The number of hydrogen-bond donors (Lipinski definition) is 0. The number of hydrogen-bond acceptors (Lipinski definition) is 1. The van der Waals surface area contributed by atoms with E-state index >= 15 is 0 Å². The van der Waals surface area contributed by atoms with Crippen molar-refractivity contribution in [3.63, 3.8) is 0 Å². The van der Waals surface area contributed by atoms with Gasteiger partial charge in [-0.2, -0.15) is 0 Å². The zero-order chi connectivity index (χ0) is 14.8. The summed E-state index contributed by atoms with van der Waals surface area (Å²) < 4.78 is 0. The lowest BCUT2D eigenvalue weighted by Crippen LogP contribution is -2.13. The highest BCUT2D eigenvalue weighted by atomic mass is 16.1. The van der Waals surface area contributed by atoms with Crippen LogP contribution in [0, 0.1) is 0 Å². The molecule has 2 aromatic rings. The third kappa shape index (κ3) is 2.57. The number of rotatable bonds is 3. The lowest BCUT2D eigenvalue weighted by atomic mass is 9.79. The Balaban J connectivity index is 2.84. The van der Waals surface area contributed by atoms with Crippen LogP contribution in [0.25, 0.3) is 17.2 Å². The van der Waals surface area contributed by atoms with Gasteiger partial charge in [0.15, 0.2) is 6.29 Å². The molecular formula is C19H20O. The van der Waals surface area contributed by atoms with E-state index in [2.05, 4.69) is 33.4 Å². The minimum absolute atomic E-state index is 0.00431. The van der Waals surface area contributed by atoms with Gasteiger partial charge in [0.05, 0.1) is 0 Å². The molecule has 0 unspecified atom stereocenters. The van der Waals surface area contributed by atoms with Gasteiger partial charge in [0.2, 0.25) is 0 Å². The second-order valence-electron chi connectivity index (χ2n) is 5.93. The summed E-state index contributed by atoms with van der Waals surface area (Å²) in [6.45, 7) is 10.5. The van der Waals surface area contributed by atoms with Crippen molar-refractivity contribution >= 4 is 12.4 Å². The Morgan fingerprint density at radius 1 is 0.950 bits per heavy atom. The van der Waals surface area contributed by atoms with E-state index in [0.29, 0.717) is 5.56 Å². The topological polar surface area (TPSA) is 17.1 Å². The van der Waals surface area contributed by atoms with Crippen LogP contribution in [0.2, 0.25) is 0 Å². The van der Waals surface area contributed by atoms with Gasteiger partial charge in [-0.3, -0.25) is 4.79 Å². The van der Waals surface area contributed by atoms with Gasteiger partial charge >= 0.3 is 0 Å². The summed E-state index contributed by atoms with van der Waals surface area (Å²) in [6, 6.07) is 13.9. The lowest BCUT2D eigenvalue weighted by Gasteiger charge is -2.25. The predicted molar refractivity (Wildman–Crippen MR) is 86.1 cm³/mol. The van der Waals surface area contributed by atoms with Gasteiger partial charge in [-0.15, -0.1) is 0 Å². The van der Waals surface area contributed by atoms with Crippen molar-refractivity contribution in [3.8, 4) is 11.1 Å². The van der Waals surface area contributed by atoms with Crippen molar-refractivity contribution in [1.82, 2.24) is 0 Å². The fourth-order valence-corrected chi connectivity index (χ4v) is 2.49. The Labute approximate surface area is 121 Å². The standard InChI is InChI=1S/C19H20O/c1-5-14-10-8-12-17(19(2,3)4)18(14)16-11-7-6-9-15(16)13-20/h5-13H,1H2,2-4H3. The first-order chi connectivity index (χ1) is 9.49. The maximum Gasteiger partial charge on any atom is 0.150 e. The van der Waals surface area contributed by atoms with E-state index < -0.39 is 0 Å². The van der Waals surface area contributed by atoms with Crippen LogP contribution in [0.3, 0.4) is 0 Å². The van der Waals surface area contributed by atoms with Crippen molar-refractivity contribution in [2.45, 2.75) is 26.2 Å². The molecule has 0 aromatic heterocycles. The largest absolute Gasteiger partial charge is 0.298 e. The molecule has 0 heterocycles. The van der Waals surface area contributed by atoms with Crippen LogP contribution < -0.4 is 0 Å². The molecule has 0 spiro atoms. The van der Waals surface area contributed by atoms with E-state index in [9.17, 15) is 4.79 Å². The minimum Gasteiger partial charge on any atom is -0.298 e. The highest BCUT2D eigenvalue weighted by Gasteiger charge is 2.21. The van der Waals surface area contributed by atoms with Crippen LogP contribution in [-0.2, 0) is 5.41 Å². The number of carbonyl (C=O) groups is 1. The van der Waals surface area contributed by atoms with Crippen molar-refractivity contribution < 1.29 is 4.79 Å². The average molecular weight is 264 g/mol. The Morgan fingerprint density at radius 2 is 1.60 bits per heavy atom. The highest BCUT2D eigenvalue weighted by molar-refractivity contribution is 5.91. The van der Waals surface area contributed by atoms with Crippen LogP contribution in [0.5, 0.6) is 0 Å². The van der Waals surface area contributed by atoms with E-state index in [0.717, 1.165) is 23.0 Å². The van der Waals surface area contributed by atoms with Gasteiger partial charge < -0.3 is 0 Å². The Hall–Kier alpha value is -2.15. The van der Waals surface area contributed by atoms with Crippen LogP contribution in [0.1, 0.15) is 42.3 Å². The number of carbonyl (C=O) groups excluding carboxylic acids is 1. The van der Waals surface area contributed by atoms with Crippen LogP contribution in [-0.4, -0.2) is 6.29 Å². The molecule has 0 radical (unpaired) electrons. The van der Waals surface area contributed by atoms with Crippen LogP contribution in [0.15, 0.2) is 49.0 Å². The average Bonchev–Trinajstić information content (AvgIpc) is 2.45. The van der Waals surface area contributed by atoms with Crippen molar-refractivity contribution in [1.29, 1.82) is 0 Å². The SMILES string of the molecule is C=Cc1cccc(C(C)(C)C)c1-c1ccccc1C=O. The molecule has 0 aliphatic rings. The van der Waals surface area contributed by atoms with Gasteiger partial charge in [-0.1, -0.05) is 75.9 Å². The molecular weight excluding hydrogens is 244 g/mol. The van der Waals surface area contributed by atoms with Crippen molar-refractivity contribution in [2.75, 3.05) is 0 Å². The molecule has 2 rings (SSSR count). The van der Waals surface area contributed by atoms with Gasteiger partial charge in [-0.05, 0) is 27.7 Å². The van der Waals surface area contributed by atoms with Gasteiger partial charge in [0, 0.05) is 5.56 Å². The van der Waals surface area contributed by atoms with E-state index in [1.807, 2.05) is 42.5 Å². The summed E-state index contributed by atoms with van der Waals surface area (Å²) in [7, 11) is 0. The van der Waals surface area contributed by atoms with Gasteiger partial charge in [0.1, 0.15) is 0 Å². The van der Waals surface area contributed by atoms with E-state index in [-0.39, 0.29) is 5.41 Å². The lowest BCUT2D eigenvalue weighted by molar-refractivity contribution is 0.112. The van der Waals surface area contributed by atoms with Crippen LogP contribution >= 0.6 is 0 Å². The molecule has 0 saturated carbocycles. The first-order valence-electron chi connectivity index (χ1n) is 6.79. The minimum atomic E-state index is 0.00431. The molecule has 0 aliphatic carbocycles. The molecule has 0 bridgehead atoms. The smallest absolute Gasteiger partial charge is 0.150 e. The Kier molecular flexibility index (Phi) is 3.89. The first-order valence-corrected chi connectivity index (χ1v) is 6.79. The molecule has 0 atom stereocenters. The summed E-state index contributed by atoms with van der Waals surface area (Å²) in [5.41, 5.74) is 5.09. The van der Waals surface area contributed by atoms with Gasteiger partial charge in [-0.25, -0.2) is 0 Å². The van der Waals surface area contributed by atoms with E-state index in [1.54, 1.807) is 0 Å². The Bertz CT molecular complexity index is 645. The fourth-order valence-electron chi connectivity index (χ4n) is 2.49. The number of benzene rings is 2. The second kappa shape index (κ2) is 5.46. The van der Waals surface area contributed by atoms with E-state index in [1.165, 1.54) is 5.56 Å². The second-order valence-corrected chi connectivity index (χ2v) is 5.93. The first kappa shape index (κ1) is 14.3. The molecule has 102 valence electrons. The third-order valence-electron chi connectivity index (χ3n) is 3.48. The van der Waals surface area contributed by atoms with Crippen molar-refractivity contribution in [3.05, 3.63) is 65.7 Å². The van der Waals surface area contributed by atoms with Crippen LogP contribution in [0.4, 0.5) is 0 Å². The zero-order valence-corrected chi connectivity index (χ0v) is 12.3.